The lowest BCUT2D eigenvalue weighted by Crippen LogP contribution is -2.89. The lowest BCUT2D eigenvalue weighted by atomic mass is 9.97. The average Bonchev–Trinajstić information content (AvgIpc) is 2.87. The molecule has 0 amide bonds. The van der Waals surface area contributed by atoms with E-state index in [9.17, 15) is 0 Å². The van der Waals surface area contributed by atoms with Crippen molar-refractivity contribution < 1.29 is 20.5 Å². The Hall–Kier alpha value is -0.160. The van der Waals surface area contributed by atoms with Crippen molar-refractivity contribution in [1.29, 1.82) is 0 Å². The molecule has 4 nitrogen and oxygen atoms in total. The summed E-state index contributed by atoms with van der Waals surface area (Å²) in [5, 5.41) is 2.31. The Kier molecular flexibility index (Phi) is 8.01. The lowest BCUT2D eigenvalue weighted by Gasteiger charge is -2.28. The molecular weight excluding hydrogens is 264 g/mol. The second-order valence-electron chi connectivity index (χ2n) is 6.81. The molecule has 1 saturated carbocycles. The summed E-state index contributed by atoms with van der Waals surface area (Å²) >= 11 is 0. The van der Waals surface area contributed by atoms with Crippen molar-refractivity contribution in [2.45, 2.75) is 82.5 Å². The highest BCUT2D eigenvalue weighted by molar-refractivity contribution is 4.79. The monoisotopic (exact) mass is 300 g/mol. The number of hydrogen-bond donors (Lipinski definition) is 2. The van der Waals surface area contributed by atoms with Crippen LogP contribution in [-0.4, -0.2) is 38.1 Å². The Morgan fingerprint density at radius 1 is 0.905 bits per heavy atom. The highest BCUT2D eigenvalue weighted by Crippen LogP contribution is 2.34. The third-order valence-electron chi connectivity index (χ3n) is 4.87. The van der Waals surface area contributed by atoms with Gasteiger partial charge in [-0.2, -0.15) is 0 Å². The standard InChI is InChI=1S/C17H34N2O2/c18-12-13-19-14-16-15-20-17(21-16)10-8-6-4-2-1-3-5-7-9-11-17/h16,19H,1-15,18H2/p+2/t16-/m0/s1. The van der Waals surface area contributed by atoms with Crippen LogP contribution in [0.1, 0.15) is 70.6 Å². The van der Waals surface area contributed by atoms with E-state index in [1.54, 1.807) is 0 Å². The van der Waals surface area contributed by atoms with E-state index in [-0.39, 0.29) is 11.9 Å². The van der Waals surface area contributed by atoms with Gasteiger partial charge in [0.05, 0.1) is 6.61 Å². The molecule has 21 heavy (non-hydrogen) atoms. The quantitative estimate of drug-likeness (QED) is 0.767. The molecule has 0 unspecified atom stereocenters. The van der Waals surface area contributed by atoms with Gasteiger partial charge in [0.25, 0.3) is 0 Å². The molecule has 1 saturated heterocycles. The topological polar surface area (TPSA) is 62.7 Å². The van der Waals surface area contributed by atoms with Crippen molar-refractivity contribution in [3.8, 4) is 0 Å². The van der Waals surface area contributed by atoms with E-state index in [1.807, 2.05) is 0 Å². The van der Waals surface area contributed by atoms with Crippen LogP contribution in [-0.2, 0) is 9.47 Å². The largest absolute Gasteiger partial charge is 0.353 e. The Balaban J connectivity index is 1.79. The van der Waals surface area contributed by atoms with Gasteiger partial charge in [-0.3, -0.25) is 0 Å². The van der Waals surface area contributed by atoms with Gasteiger partial charge >= 0.3 is 0 Å². The molecule has 0 aromatic rings. The summed E-state index contributed by atoms with van der Waals surface area (Å²) < 4.78 is 12.5. The maximum atomic E-state index is 6.37. The van der Waals surface area contributed by atoms with Crippen LogP contribution < -0.4 is 11.1 Å². The molecule has 1 spiro atoms. The van der Waals surface area contributed by atoms with Crippen molar-refractivity contribution in [1.82, 2.24) is 0 Å². The smallest absolute Gasteiger partial charge is 0.169 e. The summed E-state index contributed by atoms with van der Waals surface area (Å²) in [5.41, 5.74) is 3.89. The molecule has 0 aromatic heterocycles. The normalized spacial score (nSPS) is 28.1. The predicted molar refractivity (Wildman–Crippen MR) is 83.8 cm³/mol. The van der Waals surface area contributed by atoms with Gasteiger partial charge in [0.2, 0.25) is 0 Å². The van der Waals surface area contributed by atoms with Crippen LogP contribution in [0.3, 0.4) is 0 Å². The molecule has 124 valence electrons. The summed E-state index contributed by atoms with van der Waals surface area (Å²) in [6.07, 6.45) is 14.7. The second kappa shape index (κ2) is 9.78. The van der Waals surface area contributed by atoms with Crippen molar-refractivity contribution in [2.75, 3.05) is 26.2 Å². The van der Waals surface area contributed by atoms with E-state index in [4.69, 9.17) is 9.47 Å². The lowest BCUT2D eigenvalue weighted by molar-refractivity contribution is -0.675. The maximum Gasteiger partial charge on any atom is 0.169 e. The molecule has 0 bridgehead atoms. The number of hydrogen-bond acceptors (Lipinski definition) is 2. The van der Waals surface area contributed by atoms with E-state index in [0.29, 0.717) is 0 Å². The third-order valence-corrected chi connectivity index (χ3v) is 4.87. The van der Waals surface area contributed by atoms with Crippen LogP contribution in [0.5, 0.6) is 0 Å². The second-order valence-corrected chi connectivity index (χ2v) is 6.81. The molecule has 0 aromatic carbocycles. The van der Waals surface area contributed by atoms with Gasteiger partial charge in [-0.1, -0.05) is 44.9 Å². The highest BCUT2D eigenvalue weighted by atomic mass is 16.7. The van der Waals surface area contributed by atoms with Crippen LogP contribution >= 0.6 is 0 Å². The summed E-state index contributed by atoms with van der Waals surface area (Å²) in [5.74, 6) is -0.248. The zero-order chi connectivity index (χ0) is 14.8. The maximum absolute atomic E-state index is 6.37. The van der Waals surface area contributed by atoms with Gasteiger partial charge in [0, 0.05) is 12.8 Å². The molecule has 2 aliphatic rings. The van der Waals surface area contributed by atoms with E-state index in [0.717, 1.165) is 39.1 Å². The minimum Gasteiger partial charge on any atom is -0.353 e. The van der Waals surface area contributed by atoms with Crippen molar-refractivity contribution in [2.24, 2.45) is 0 Å². The van der Waals surface area contributed by atoms with Crippen molar-refractivity contribution in [3.05, 3.63) is 0 Å². The number of ether oxygens (including phenoxy) is 2. The molecule has 1 atom stereocenters. The first-order valence-electron chi connectivity index (χ1n) is 9.27. The summed E-state index contributed by atoms with van der Waals surface area (Å²) in [6.45, 7) is 3.89. The van der Waals surface area contributed by atoms with Crippen LogP contribution in [0.15, 0.2) is 0 Å². The highest BCUT2D eigenvalue weighted by Gasteiger charge is 2.41. The van der Waals surface area contributed by atoms with E-state index >= 15 is 0 Å². The van der Waals surface area contributed by atoms with E-state index < -0.39 is 0 Å². The molecule has 0 radical (unpaired) electrons. The van der Waals surface area contributed by atoms with Crippen molar-refractivity contribution >= 4 is 0 Å². The first-order valence-corrected chi connectivity index (χ1v) is 9.27. The first-order chi connectivity index (χ1) is 10.3. The van der Waals surface area contributed by atoms with Gasteiger partial charge < -0.3 is 20.5 Å². The van der Waals surface area contributed by atoms with Crippen LogP contribution in [0.25, 0.3) is 0 Å². The molecule has 2 fully saturated rings. The van der Waals surface area contributed by atoms with Gasteiger partial charge in [0.1, 0.15) is 25.7 Å². The number of nitrogens with two attached hydrogens (primary N) is 1. The van der Waals surface area contributed by atoms with E-state index in [1.165, 1.54) is 57.8 Å². The van der Waals surface area contributed by atoms with Crippen LogP contribution in [0.2, 0.25) is 0 Å². The minimum absolute atomic E-state index is 0.248. The predicted octanol–water partition coefficient (Wildman–Crippen LogP) is 1.21. The fourth-order valence-electron chi connectivity index (χ4n) is 3.59. The number of rotatable bonds is 4. The fourth-order valence-corrected chi connectivity index (χ4v) is 3.59. The Morgan fingerprint density at radius 3 is 2.05 bits per heavy atom. The summed E-state index contributed by atoms with van der Waals surface area (Å²) in [6, 6.07) is 0. The van der Waals surface area contributed by atoms with Gasteiger partial charge in [-0.25, -0.2) is 0 Å². The Morgan fingerprint density at radius 2 is 1.48 bits per heavy atom. The molecule has 1 aliphatic heterocycles. The zero-order valence-electron chi connectivity index (χ0n) is 13.8. The van der Waals surface area contributed by atoms with Crippen molar-refractivity contribution in [3.63, 3.8) is 0 Å². The molecule has 5 N–H and O–H groups in total. The molecule has 1 aliphatic carbocycles. The van der Waals surface area contributed by atoms with Gasteiger partial charge in [0.15, 0.2) is 5.79 Å². The SMILES string of the molecule is [NH3+]CC[NH2+]C[C@H]1COC2(CCCCCCCCCCC2)O1. The zero-order valence-corrected chi connectivity index (χ0v) is 13.8. The van der Waals surface area contributed by atoms with Gasteiger partial charge in [-0.05, 0) is 12.8 Å². The Labute approximate surface area is 130 Å². The number of quaternary nitrogens is 2. The van der Waals surface area contributed by atoms with Crippen LogP contribution in [0.4, 0.5) is 0 Å². The van der Waals surface area contributed by atoms with Gasteiger partial charge in [-0.15, -0.1) is 0 Å². The summed E-state index contributed by atoms with van der Waals surface area (Å²) in [4.78, 5) is 0. The Bertz CT molecular complexity index is 262. The average molecular weight is 300 g/mol. The summed E-state index contributed by atoms with van der Waals surface area (Å²) in [7, 11) is 0. The molecule has 1 heterocycles. The van der Waals surface area contributed by atoms with Crippen LogP contribution in [0, 0.1) is 0 Å². The minimum atomic E-state index is -0.248. The fraction of sp³-hybridized carbons (Fsp3) is 1.00. The molecule has 4 heteroatoms. The van der Waals surface area contributed by atoms with E-state index in [2.05, 4.69) is 11.1 Å². The molecular formula is C17H36N2O2+2. The molecule has 2 rings (SSSR count). The first kappa shape index (κ1) is 17.2. The third kappa shape index (κ3) is 6.23.